The van der Waals surface area contributed by atoms with Gasteiger partial charge in [-0.1, -0.05) is 39.7 Å². The molecule has 20 heavy (non-hydrogen) atoms. The summed E-state index contributed by atoms with van der Waals surface area (Å²) in [7, 11) is 0. The summed E-state index contributed by atoms with van der Waals surface area (Å²) in [5, 5.41) is 10.0. The molecule has 0 saturated carbocycles. The second kappa shape index (κ2) is 6.57. The van der Waals surface area contributed by atoms with Gasteiger partial charge in [-0.2, -0.15) is 0 Å². The molecule has 106 valence electrons. The Morgan fingerprint density at radius 2 is 2.05 bits per heavy atom. The zero-order valence-corrected chi connectivity index (χ0v) is 13.1. The lowest BCUT2D eigenvalue weighted by Crippen LogP contribution is -2.02. The first kappa shape index (κ1) is 15.3. The SMILES string of the molecule is C[C@@H](O)c1ccc(Br)cc1OCc1ccc(Cl)cc1F. The van der Waals surface area contributed by atoms with Crippen molar-refractivity contribution in [1.82, 2.24) is 0 Å². The van der Waals surface area contributed by atoms with Gasteiger partial charge in [0.15, 0.2) is 0 Å². The van der Waals surface area contributed by atoms with E-state index in [0.29, 0.717) is 21.9 Å². The number of hydrogen-bond donors (Lipinski definition) is 1. The Morgan fingerprint density at radius 3 is 2.70 bits per heavy atom. The van der Waals surface area contributed by atoms with Crippen LogP contribution in [-0.4, -0.2) is 5.11 Å². The molecule has 2 aromatic rings. The fraction of sp³-hybridized carbons (Fsp3) is 0.200. The summed E-state index contributed by atoms with van der Waals surface area (Å²) in [4.78, 5) is 0. The number of aliphatic hydroxyl groups excluding tert-OH is 1. The molecule has 0 aromatic heterocycles. The highest BCUT2D eigenvalue weighted by molar-refractivity contribution is 9.10. The fourth-order valence-electron chi connectivity index (χ4n) is 1.77. The molecule has 0 radical (unpaired) electrons. The Morgan fingerprint density at radius 1 is 1.30 bits per heavy atom. The van der Waals surface area contributed by atoms with Crippen LogP contribution < -0.4 is 4.74 Å². The minimum Gasteiger partial charge on any atom is -0.488 e. The molecule has 2 rings (SSSR count). The lowest BCUT2D eigenvalue weighted by Gasteiger charge is -2.14. The quantitative estimate of drug-likeness (QED) is 0.843. The molecule has 2 aromatic carbocycles. The molecule has 0 amide bonds. The average Bonchev–Trinajstić information content (AvgIpc) is 2.37. The monoisotopic (exact) mass is 358 g/mol. The van der Waals surface area contributed by atoms with E-state index in [0.717, 1.165) is 4.47 Å². The van der Waals surface area contributed by atoms with Gasteiger partial charge in [-0.25, -0.2) is 4.39 Å². The van der Waals surface area contributed by atoms with E-state index < -0.39 is 11.9 Å². The third kappa shape index (κ3) is 3.72. The highest BCUT2D eigenvalue weighted by Crippen LogP contribution is 2.29. The van der Waals surface area contributed by atoms with E-state index in [-0.39, 0.29) is 6.61 Å². The van der Waals surface area contributed by atoms with Crippen molar-refractivity contribution >= 4 is 27.5 Å². The molecule has 5 heteroatoms. The van der Waals surface area contributed by atoms with Crippen LogP contribution in [0.4, 0.5) is 4.39 Å². The third-order valence-electron chi connectivity index (χ3n) is 2.82. The minimum atomic E-state index is -0.659. The van der Waals surface area contributed by atoms with Crippen molar-refractivity contribution in [3.8, 4) is 5.75 Å². The first-order chi connectivity index (χ1) is 9.47. The zero-order chi connectivity index (χ0) is 14.7. The van der Waals surface area contributed by atoms with Crippen molar-refractivity contribution in [3.63, 3.8) is 0 Å². The predicted octanol–water partition coefficient (Wildman–Crippen LogP) is 4.87. The normalized spacial score (nSPS) is 12.2. The van der Waals surface area contributed by atoms with E-state index in [9.17, 15) is 9.50 Å². The van der Waals surface area contributed by atoms with Crippen LogP contribution in [0.5, 0.6) is 5.75 Å². The number of halogens is 3. The van der Waals surface area contributed by atoms with E-state index >= 15 is 0 Å². The van der Waals surface area contributed by atoms with Gasteiger partial charge in [-0.05, 0) is 31.2 Å². The van der Waals surface area contributed by atoms with Crippen LogP contribution in [0.2, 0.25) is 5.02 Å². The average molecular weight is 360 g/mol. The summed E-state index contributed by atoms with van der Waals surface area (Å²) in [5.41, 5.74) is 1.06. The summed E-state index contributed by atoms with van der Waals surface area (Å²) >= 11 is 9.04. The van der Waals surface area contributed by atoms with Crippen molar-refractivity contribution in [2.24, 2.45) is 0 Å². The van der Waals surface area contributed by atoms with E-state index in [4.69, 9.17) is 16.3 Å². The van der Waals surface area contributed by atoms with Gasteiger partial charge < -0.3 is 9.84 Å². The van der Waals surface area contributed by atoms with Gasteiger partial charge in [0, 0.05) is 20.6 Å². The smallest absolute Gasteiger partial charge is 0.131 e. The second-order valence-electron chi connectivity index (χ2n) is 4.38. The lowest BCUT2D eigenvalue weighted by molar-refractivity contribution is 0.190. The van der Waals surface area contributed by atoms with Gasteiger partial charge >= 0.3 is 0 Å². The minimum absolute atomic E-state index is 0.0686. The van der Waals surface area contributed by atoms with Gasteiger partial charge in [0.05, 0.1) is 6.10 Å². The molecule has 0 fully saturated rings. The number of ether oxygens (including phenoxy) is 1. The van der Waals surface area contributed by atoms with Crippen molar-refractivity contribution in [2.75, 3.05) is 0 Å². The second-order valence-corrected chi connectivity index (χ2v) is 5.73. The Balaban J connectivity index is 2.20. The number of rotatable bonds is 4. The van der Waals surface area contributed by atoms with Crippen LogP contribution in [0.25, 0.3) is 0 Å². The maximum atomic E-state index is 13.7. The van der Waals surface area contributed by atoms with Gasteiger partial charge in [-0.3, -0.25) is 0 Å². The van der Waals surface area contributed by atoms with Gasteiger partial charge in [0.1, 0.15) is 18.2 Å². The van der Waals surface area contributed by atoms with Crippen LogP contribution in [-0.2, 0) is 6.61 Å². The molecular formula is C15H13BrClFO2. The maximum Gasteiger partial charge on any atom is 0.131 e. The Labute approximate surface area is 130 Å². The summed E-state index contributed by atoms with van der Waals surface area (Å²) in [6, 6.07) is 9.77. The largest absolute Gasteiger partial charge is 0.488 e. The van der Waals surface area contributed by atoms with Crippen LogP contribution in [0.3, 0.4) is 0 Å². The topological polar surface area (TPSA) is 29.5 Å². The van der Waals surface area contributed by atoms with Crippen LogP contribution in [0, 0.1) is 5.82 Å². The standard InChI is InChI=1S/C15H13BrClFO2/c1-9(19)13-5-3-11(16)6-15(13)20-8-10-2-4-12(17)7-14(10)18/h2-7,9,19H,8H2,1H3/t9-/m1/s1. The molecule has 0 heterocycles. The highest BCUT2D eigenvalue weighted by atomic mass is 79.9. The highest BCUT2D eigenvalue weighted by Gasteiger charge is 2.11. The Bertz CT molecular complexity index is 617. The Hall–Kier alpha value is -1.10. The van der Waals surface area contributed by atoms with Gasteiger partial charge in [0.25, 0.3) is 0 Å². The Kier molecular flexibility index (Phi) is 5.02. The molecule has 0 saturated heterocycles. The third-order valence-corrected chi connectivity index (χ3v) is 3.55. The van der Waals surface area contributed by atoms with Gasteiger partial charge in [0.2, 0.25) is 0 Å². The van der Waals surface area contributed by atoms with Crippen molar-refractivity contribution in [3.05, 3.63) is 62.8 Å². The molecule has 1 N–H and O–H groups in total. The summed E-state index contributed by atoms with van der Waals surface area (Å²) < 4.78 is 20.1. The van der Waals surface area contributed by atoms with E-state index in [2.05, 4.69) is 15.9 Å². The predicted molar refractivity (Wildman–Crippen MR) is 80.5 cm³/mol. The molecule has 0 aliphatic heterocycles. The number of aliphatic hydroxyl groups is 1. The van der Waals surface area contributed by atoms with Crippen molar-refractivity contribution in [2.45, 2.75) is 19.6 Å². The van der Waals surface area contributed by atoms with Crippen molar-refractivity contribution in [1.29, 1.82) is 0 Å². The van der Waals surface area contributed by atoms with E-state index in [1.165, 1.54) is 6.07 Å². The van der Waals surface area contributed by atoms with Crippen molar-refractivity contribution < 1.29 is 14.2 Å². The summed E-state index contributed by atoms with van der Waals surface area (Å²) in [5.74, 6) is 0.106. The molecule has 1 atom stereocenters. The summed E-state index contributed by atoms with van der Waals surface area (Å²) in [6.45, 7) is 1.72. The molecule has 0 spiro atoms. The molecular weight excluding hydrogens is 347 g/mol. The first-order valence-corrected chi connectivity index (χ1v) is 7.18. The van der Waals surface area contributed by atoms with E-state index in [1.54, 1.807) is 31.2 Å². The zero-order valence-electron chi connectivity index (χ0n) is 10.7. The van der Waals surface area contributed by atoms with Gasteiger partial charge in [-0.15, -0.1) is 0 Å². The van der Waals surface area contributed by atoms with Crippen LogP contribution >= 0.6 is 27.5 Å². The van der Waals surface area contributed by atoms with E-state index in [1.807, 2.05) is 6.07 Å². The molecule has 0 aliphatic rings. The fourth-order valence-corrected chi connectivity index (χ4v) is 2.27. The maximum absolute atomic E-state index is 13.7. The van der Waals surface area contributed by atoms with Crippen LogP contribution in [0.1, 0.15) is 24.2 Å². The molecule has 0 unspecified atom stereocenters. The van der Waals surface area contributed by atoms with Crippen LogP contribution in [0.15, 0.2) is 40.9 Å². The molecule has 0 bridgehead atoms. The lowest BCUT2D eigenvalue weighted by atomic mass is 10.1. The molecule has 2 nitrogen and oxygen atoms in total. The number of hydrogen-bond acceptors (Lipinski definition) is 2. The first-order valence-electron chi connectivity index (χ1n) is 6.01. The molecule has 0 aliphatic carbocycles. The summed E-state index contributed by atoms with van der Waals surface area (Å²) in [6.07, 6.45) is -0.659. The number of benzene rings is 2.